The first kappa shape index (κ1) is 34.2. The lowest BCUT2D eigenvalue weighted by atomic mass is 9.36. The van der Waals surface area contributed by atoms with Crippen molar-refractivity contribution in [2.45, 2.75) is 109 Å². The number of carbonyl (C=O) groups is 2. The van der Waals surface area contributed by atoms with Crippen LogP contribution in [-0.4, -0.2) is 106 Å². The Morgan fingerprint density at radius 2 is 1.87 bits per heavy atom. The lowest BCUT2D eigenvalue weighted by Crippen LogP contribution is -2.83. The predicted molar refractivity (Wildman–Crippen MR) is 158 cm³/mol. The molecule has 2 saturated carbocycles. The van der Waals surface area contributed by atoms with Gasteiger partial charge in [-0.3, -0.25) is 4.79 Å². The number of fused-ring (bicyclic) bond motifs is 5. The van der Waals surface area contributed by atoms with Crippen molar-refractivity contribution < 1.29 is 58.5 Å². The molecular weight excluding hydrogens is 588 g/mol. The number of rotatable bonds is 9. The number of furan rings is 1. The Balaban J connectivity index is 1.60. The van der Waals surface area contributed by atoms with Crippen molar-refractivity contribution in [1.29, 1.82) is 0 Å². The predicted octanol–water partition coefficient (Wildman–Crippen LogP) is 1.61. The van der Waals surface area contributed by atoms with Crippen molar-refractivity contribution in [3.05, 3.63) is 35.3 Å². The van der Waals surface area contributed by atoms with Gasteiger partial charge < -0.3 is 48.9 Å². The van der Waals surface area contributed by atoms with Gasteiger partial charge in [0.25, 0.3) is 0 Å². The van der Waals surface area contributed by atoms with E-state index in [0.29, 0.717) is 11.3 Å². The summed E-state index contributed by atoms with van der Waals surface area (Å²) in [5.41, 5.74) is -6.87. The molecule has 2 heterocycles. The van der Waals surface area contributed by atoms with Gasteiger partial charge in [-0.15, -0.1) is 0 Å². The number of Topliss-reactive ketones (excluding diaryl/α,β-unsaturated/α-hetero) is 1. The summed E-state index contributed by atoms with van der Waals surface area (Å²) in [6.45, 7) is 11.4. The molecule has 3 aliphatic carbocycles. The lowest BCUT2D eigenvalue weighted by molar-refractivity contribution is -0.377. The van der Waals surface area contributed by atoms with Gasteiger partial charge in [-0.1, -0.05) is 34.6 Å². The molecule has 7 unspecified atom stereocenters. The number of esters is 1. The van der Waals surface area contributed by atoms with E-state index in [2.05, 4.69) is 0 Å². The number of carbonyl (C=O) groups excluding carboxylic acids is 2. The molecule has 12 heteroatoms. The molecule has 11 atom stereocenters. The number of hydrogen-bond donors (Lipinski definition) is 5. The van der Waals surface area contributed by atoms with Crippen LogP contribution < -0.4 is 0 Å². The van der Waals surface area contributed by atoms with Crippen molar-refractivity contribution in [1.82, 2.24) is 0 Å². The number of ether oxygens (including phenoxy) is 4. The third kappa shape index (κ3) is 4.55. The van der Waals surface area contributed by atoms with E-state index in [1.807, 2.05) is 0 Å². The van der Waals surface area contributed by atoms with Gasteiger partial charge in [0, 0.05) is 23.7 Å². The van der Waals surface area contributed by atoms with Gasteiger partial charge >= 0.3 is 5.97 Å². The first-order valence-corrected chi connectivity index (χ1v) is 15.7. The first-order chi connectivity index (χ1) is 20.9. The molecule has 1 saturated heterocycles. The number of hydrogen-bond acceptors (Lipinski definition) is 12. The Morgan fingerprint density at radius 1 is 1.18 bits per heavy atom. The van der Waals surface area contributed by atoms with Gasteiger partial charge in [0.05, 0.1) is 55.2 Å². The Kier molecular flexibility index (Phi) is 8.75. The molecule has 2 bridgehead atoms. The molecule has 0 aromatic carbocycles. The third-order valence-corrected chi connectivity index (χ3v) is 12.4. The summed E-state index contributed by atoms with van der Waals surface area (Å²) in [6, 6.07) is 3.29. The van der Waals surface area contributed by atoms with Crippen molar-refractivity contribution in [3.63, 3.8) is 0 Å². The van der Waals surface area contributed by atoms with E-state index in [1.165, 1.54) is 6.26 Å². The molecule has 4 aliphatic rings. The smallest absolute Gasteiger partial charge is 0.336 e. The Labute approximate surface area is 263 Å². The topological polar surface area (TPSA) is 185 Å². The maximum atomic E-state index is 14.8. The first-order valence-electron chi connectivity index (χ1n) is 15.7. The van der Waals surface area contributed by atoms with E-state index >= 15 is 0 Å². The molecule has 1 aliphatic heterocycles. The highest BCUT2D eigenvalue weighted by atomic mass is 16.7. The molecule has 252 valence electrons. The van der Waals surface area contributed by atoms with Crippen LogP contribution in [0.4, 0.5) is 0 Å². The molecule has 1 aromatic heterocycles. The van der Waals surface area contributed by atoms with Gasteiger partial charge in [0.2, 0.25) is 0 Å². The fraction of sp³-hybridized carbons (Fsp3) is 0.758. The second-order valence-corrected chi connectivity index (χ2v) is 14.3. The van der Waals surface area contributed by atoms with Crippen LogP contribution in [0.5, 0.6) is 0 Å². The highest BCUT2D eigenvalue weighted by Gasteiger charge is 2.80. The molecular formula is C33H48O12. The Morgan fingerprint density at radius 3 is 2.44 bits per heavy atom. The molecule has 5 rings (SSSR count). The fourth-order valence-corrected chi connectivity index (χ4v) is 9.06. The summed E-state index contributed by atoms with van der Waals surface area (Å²) in [4.78, 5) is 28.1. The van der Waals surface area contributed by atoms with Crippen molar-refractivity contribution in [3.8, 4) is 0 Å². The van der Waals surface area contributed by atoms with E-state index in [4.69, 9.17) is 28.5 Å². The molecule has 0 amide bonds. The average Bonchev–Trinajstić information content (AvgIpc) is 3.54. The molecule has 3 fully saturated rings. The minimum Gasteiger partial charge on any atom is -0.469 e. The average molecular weight is 637 g/mol. The van der Waals surface area contributed by atoms with Crippen LogP contribution in [0.3, 0.4) is 0 Å². The summed E-state index contributed by atoms with van der Waals surface area (Å²) >= 11 is 0. The van der Waals surface area contributed by atoms with E-state index < -0.39 is 81.6 Å². The van der Waals surface area contributed by atoms with Crippen molar-refractivity contribution in [2.24, 2.45) is 22.2 Å². The zero-order chi connectivity index (χ0) is 33.3. The Hall–Kier alpha value is -2.16. The van der Waals surface area contributed by atoms with Crippen LogP contribution >= 0.6 is 0 Å². The van der Waals surface area contributed by atoms with E-state index in [-0.39, 0.29) is 45.0 Å². The van der Waals surface area contributed by atoms with Gasteiger partial charge in [-0.2, -0.15) is 0 Å². The largest absolute Gasteiger partial charge is 0.469 e. The lowest BCUT2D eigenvalue weighted by Gasteiger charge is -2.72. The third-order valence-electron chi connectivity index (χ3n) is 12.4. The van der Waals surface area contributed by atoms with Crippen LogP contribution in [-0.2, 0) is 28.5 Å². The number of ketones is 1. The van der Waals surface area contributed by atoms with Crippen LogP contribution in [0.15, 0.2) is 34.0 Å². The fourth-order valence-electron chi connectivity index (χ4n) is 9.06. The number of aliphatic hydroxyl groups is 5. The summed E-state index contributed by atoms with van der Waals surface area (Å²) in [7, 11) is 0. The quantitative estimate of drug-likeness (QED) is 0.114. The van der Waals surface area contributed by atoms with Gasteiger partial charge in [-0.05, 0) is 43.0 Å². The minimum absolute atomic E-state index is 0.0205. The summed E-state index contributed by atoms with van der Waals surface area (Å²) in [5, 5.41) is 57.3. The van der Waals surface area contributed by atoms with Gasteiger partial charge in [0.1, 0.15) is 30.4 Å². The summed E-state index contributed by atoms with van der Waals surface area (Å²) in [6.07, 6.45) is -4.56. The molecule has 5 N–H and O–H groups in total. The second kappa shape index (κ2) is 11.5. The van der Waals surface area contributed by atoms with E-state index in [1.54, 1.807) is 60.6 Å². The zero-order valence-electron chi connectivity index (χ0n) is 27.1. The Bertz CT molecular complexity index is 1320. The van der Waals surface area contributed by atoms with Crippen LogP contribution in [0.1, 0.15) is 73.0 Å². The summed E-state index contributed by atoms with van der Waals surface area (Å²) < 4.78 is 28.5. The van der Waals surface area contributed by atoms with Crippen molar-refractivity contribution in [2.75, 3.05) is 26.6 Å². The highest BCUT2D eigenvalue weighted by molar-refractivity contribution is 5.94. The monoisotopic (exact) mass is 636 g/mol. The maximum Gasteiger partial charge on any atom is 0.336 e. The molecule has 45 heavy (non-hydrogen) atoms. The molecule has 12 nitrogen and oxygen atoms in total. The van der Waals surface area contributed by atoms with E-state index in [9.17, 15) is 30.0 Å². The SMILES string of the molecule is CC1=C2C(O)C(=O)[C@]3(C)C(OCOCCO)CC4OC[C@@]4(O)C3(C)[C@H](C)C(O)(CC1OC(=O)C(O)[C@@H](C)c1ccco1)C2(C)C. The van der Waals surface area contributed by atoms with Crippen LogP contribution in [0.2, 0.25) is 0 Å². The van der Waals surface area contributed by atoms with Gasteiger partial charge in [0.15, 0.2) is 11.9 Å². The van der Waals surface area contributed by atoms with Crippen LogP contribution in [0.25, 0.3) is 0 Å². The zero-order valence-corrected chi connectivity index (χ0v) is 27.1. The highest BCUT2D eigenvalue weighted by Crippen LogP contribution is 2.70. The molecule has 0 spiro atoms. The molecule has 0 radical (unpaired) electrons. The van der Waals surface area contributed by atoms with E-state index in [0.717, 1.165) is 0 Å². The minimum atomic E-state index is -1.75. The van der Waals surface area contributed by atoms with Crippen molar-refractivity contribution >= 4 is 11.8 Å². The standard InChI is InChI=1S/C33H48O12/c1-17-21(45-28(38)25(35)18(2)20-9-8-11-42-20)14-32(39)19(3)31(7)30(6,27(37)26(36)24(17)29(32,4)5)22(44-16-41-12-10-34)13-23-33(31,40)15-43-23/h8-9,11,18-19,21-23,25-26,34-36,39-40H,10,12-16H2,1-7H3/t18-,19-,21?,22?,23?,25?,26?,30-,31?,32?,33-/m0/s1. The summed E-state index contributed by atoms with van der Waals surface area (Å²) in [5.74, 6) is -2.72. The second-order valence-electron chi connectivity index (χ2n) is 14.3. The normalized spacial score (nSPS) is 42.0. The van der Waals surface area contributed by atoms with Crippen LogP contribution in [0, 0.1) is 22.2 Å². The molecule has 1 aromatic rings. The number of aliphatic hydroxyl groups excluding tert-OH is 3. The maximum absolute atomic E-state index is 14.8. The van der Waals surface area contributed by atoms with Gasteiger partial charge in [-0.25, -0.2) is 4.79 Å².